The van der Waals surface area contributed by atoms with Gasteiger partial charge in [-0.15, -0.1) is 10.2 Å². The summed E-state index contributed by atoms with van der Waals surface area (Å²) in [4.78, 5) is 23.6. The van der Waals surface area contributed by atoms with E-state index in [4.69, 9.17) is 9.47 Å². The second-order valence-corrected chi connectivity index (χ2v) is 6.10. The molecular formula is C17H22N6O4. The van der Waals surface area contributed by atoms with Crippen molar-refractivity contribution in [3.8, 4) is 5.75 Å². The molecule has 27 heavy (non-hydrogen) atoms. The number of anilines is 2. The van der Waals surface area contributed by atoms with E-state index < -0.39 is 0 Å². The number of carbonyl (C=O) groups is 2. The predicted molar refractivity (Wildman–Crippen MR) is 97.7 cm³/mol. The summed E-state index contributed by atoms with van der Waals surface area (Å²) in [5, 5.41) is 16.3. The van der Waals surface area contributed by atoms with Crippen molar-refractivity contribution in [2.75, 3.05) is 31.0 Å². The fourth-order valence-corrected chi connectivity index (χ4v) is 2.73. The Bertz CT molecular complexity index is 822. The lowest BCUT2D eigenvalue weighted by atomic mass is 10.2. The van der Waals surface area contributed by atoms with Crippen LogP contribution in [-0.2, 0) is 16.1 Å². The molecule has 1 aromatic carbocycles. The number of ether oxygens (including phenoxy) is 2. The molecule has 0 aliphatic carbocycles. The Morgan fingerprint density at radius 2 is 2.33 bits per heavy atom. The lowest BCUT2D eigenvalue weighted by molar-refractivity contribution is -0.118. The van der Waals surface area contributed by atoms with Gasteiger partial charge in [-0.05, 0) is 25.5 Å². The summed E-state index contributed by atoms with van der Waals surface area (Å²) in [6.07, 6.45) is 2.46. The monoisotopic (exact) mass is 374 g/mol. The number of aryl methyl sites for hydroxylation is 1. The van der Waals surface area contributed by atoms with E-state index in [-0.39, 0.29) is 24.6 Å². The van der Waals surface area contributed by atoms with Crippen molar-refractivity contribution in [2.45, 2.75) is 25.9 Å². The Morgan fingerprint density at radius 1 is 1.48 bits per heavy atom. The molecule has 3 N–H and O–H groups in total. The van der Waals surface area contributed by atoms with E-state index in [0.29, 0.717) is 36.1 Å². The SMILES string of the molecule is COCCCn1cnnc1[C@@H](C)NC(=O)Nc1ccc2c(c1)OCC(=O)N2. The molecule has 3 amide bonds. The highest BCUT2D eigenvalue weighted by Crippen LogP contribution is 2.30. The topological polar surface area (TPSA) is 119 Å². The van der Waals surface area contributed by atoms with E-state index in [9.17, 15) is 9.59 Å². The van der Waals surface area contributed by atoms with Crippen molar-refractivity contribution in [1.29, 1.82) is 0 Å². The van der Waals surface area contributed by atoms with Crippen molar-refractivity contribution >= 4 is 23.3 Å². The van der Waals surface area contributed by atoms with E-state index in [0.717, 1.165) is 6.42 Å². The molecule has 1 atom stereocenters. The van der Waals surface area contributed by atoms with E-state index in [2.05, 4.69) is 26.1 Å². The summed E-state index contributed by atoms with van der Waals surface area (Å²) in [6.45, 7) is 3.14. The third-order valence-corrected chi connectivity index (χ3v) is 4.00. The Hall–Kier alpha value is -3.14. The number of nitrogens with zero attached hydrogens (tertiary/aromatic N) is 3. The molecule has 1 aliphatic heterocycles. The van der Waals surface area contributed by atoms with Crippen molar-refractivity contribution < 1.29 is 19.1 Å². The van der Waals surface area contributed by atoms with E-state index in [1.807, 2.05) is 11.5 Å². The highest BCUT2D eigenvalue weighted by molar-refractivity contribution is 5.96. The number of fused-ring (bicyclic) bond motifs is 1. The maximum atomic E-state index is 12.3. The highest BCUT2D eigenvalue weighted by atomic mass is 16.5. The quantitative estimate of drug-likeness (QED) is 0.632. The largest absolute Gasteiger partial charge is 0.482 e. The lowest BCUT2D eigenvalue weighted by Gasteiger charge is -2.19. The number of hydrogen-bond donors (Lipinski definition) is 3. The van der Waals surface area contributed by atoms with Crippen LogP contribution in [0.15, 0.2) is 24.5 Å². The first kappa shape index (κ1) is 18.6. The second-order valence-electron chi connectivity index (χ2n) is 6.10. The molecule has 0 unspecified atom stereocenters. The fourth-order valence-electron chi connectivity index (χ4n) is 2.73. The molecular weight excluding hydrogens is 352 g/mol. The van der Waals surface area contributed by atoms with Crippen LogP contribution in [-0.4, -0.2) is 47.0 Å². The van der Waals surface area contributed by atoms with Crippen LogP contribution in [0, 0.1) is 0 Å². The van der Waals surface area contributed by atoms with Crippen LogP contribution in [0.25, 0.3) is 0 Å². The third-order valence-electron chi connectivity index (χ3n) is 4.00. The average molecular weight is 374 g/mol. The molecule has 1 aliphatic rings. The number of benzene rings is 1. The van der Waals surface area contributed by atoms with Gasteiger partial charge in [0, 0.05) is 32.0 Å². The van der Waals surface area contributed by atoms with Crippen LogP contribution in [0.2, 0.25) is 0 Å². The Kier molecular flexibility index (Phi) is 5.87. The number of hydrogen-bond acceptors (Lipinski definition) is 6. The summed E-state index contributed by atoms with van der Waals surface area (Å²) < 4.78 is 12.3. The van der Waals surface area contributed by atoms with Crippen LogP contribution < -0.4 is 20.7 Å². The van der Waals surface area contributed by atoms with Gasteiger partial charge in [-0.2, -0.15) is 0 Å². The van der Waals surface area contributed by atoms with Gasteiger partial charge in [0.25, 0.3) is 5.91 Å². The van der Waals surface area contributed by atoms with Gasteiger partial charge in [0.1, 0.15) is 12.1 Å². The van der Waals surface area contributed by atoms with Crippen LogP contribution in [0.3, 0.4) is 0 Å². The molecule has 0 radical (unpaired) electrons. The minimum absolute atomic E-state index is 0.0432. The van der Waals surface area contributed by atoms with Crippen molar-refractivity contribution in [1.82, 2.24) is 20.1 Å². The first-order chi connectivity index (χ1) is 13.1. The van der Waals surface area contributed by atoms with Crippen LogP contribution in [0.1, 0.15) is 25.2 Å². The molecule has 0 saturated carbocycles. The molecule has 0 saturated heterocycles. The fraction of sp³-hybridized carbons (Fsp3) is 0.412. The van der Waals surface area contributed by atoms with Crippen molar-refractivity contribution in [3.05, 3.63) is 30.4 Å². The summed E-state index contributed by atoms with van der Waals surface area (Å²) in [5.41, 5.74) is 1.13. The third kappa shape index (κ3) is 4.73. The Labute approximate surface area is 156 Å². The molecule has 0 spiro atoms. The Balaban J connectivity index is 1.58. The summed E-state index contributed by atoms with van der Waals surface area (Å²) >= 11 is 0. The van der Waals surface area contributed by atoms with Gasteiger partial charge in [-0.1, -0.05) is 0 Å². The first-order valence-corrected chi connectivity index (χ1v) is 8.57. The molecule has 10 heteroatoms. The number of aromatic nitrogens is 3. The molecule has 2 aromatic rings. The average Bonchev–Trinajstić information content (AvgIpc) is 3.10. The lowest BCUT2D eigenvalue weighted by Crippen LogP contribution is -2.32. The smallest absolute Gasteiger partial charge is 0.319 e. The van der Waals surface area contributed by atoms with Gasteiger partial charge in [0.05, 0.1) is 11.7 Å². The van der Waals surface area contributed by atoms with Crippen molar-refractivity contribution in [2.24, 2.45) is 0 Å². The zero-order chi connectivity index (χ0) is 19.2. The van der Waals surface area contributed by atoms with Gasteiger partial charge >= 0.3 is 6.03 Å². The van der Waals surface area contributed by atoms with Gasteiger partial charge in [-0.25, -0.2) is 4.79 Å². The predicted octanol–water partition coefficient (Wildman–Crippen LogP) is 1.53. The molecule has 0 fully saturated rings. The van der Waals surface area contributed by atoms with Gasteiger partial charge < -0.3 is 30.0 Å². The van der Waals surface area contributed by atoms with Gasteiger partial charge in [0.2, 0.25) is 0 Å². The first-order valence-electron chi connectivity index (χ1n) is 8.57. The maximum absolute atomic E-state index is 12.3. The summed E-state index contributed by atoms with van der Waals surface area (Å²) in [6, 6.07) is 4.31. The normalized spacial score (nSPS) is 13.9. The molecule has 144 valence electrons. The van der Waals surface area contributed by atoms with Gasteiger partial charge in [0.15, 0.2) is 12.4 Å². The number of methoxy groups -OCH3 is 1. The molecule has 1 aromatic heterocycles. The molecule has 10 nitrogen and oxygen atoms in total. The van der Waals surface area contributed by atoms with E-state index >= 15 is 0 Å². The van der Waals surface area contributed by atoms with Gasteiger partial charge in [-0.3, -0.25) is 4.79 Å². The molecule has 0 bridgehead atoms. The zero-order valence-electron chi connectivity index (χ0n) is 15.2. The van der Waals surface area contributed by atoms with Crippen LogP contribution >= 0.6 is 0 Å². The second kappa shape index (κ2) is 8.49. The number of rotatable bonds is 7. The number of carbonyl (C=O) groups excluding carboxylic acids is 2. The standard InChI is InChI=1S/C17H22N6O4/c1-11(16-22-18-10-23(16)6-3-7-26-2)19-17(25)20-12-4-5-13-14(8-12)27-9-15(24)21-13/h4-5,8,10-11H,3,6-7,9H2,1-2H3,(H,21,24)(H2,19,20,25)/t11-/m1/s1. The maximum Gasteiger partial charge on any atom is 0.319 e. The molecule has 3 rings (SSSR count). The molecule has 2 heterocycles. The van der Waals surface area contributed by atoms with E-state index in [1.165, 1.54) is 0 Å². The van der Waals surface area contributed by atoms with Crippen LogP contribution in [0.5, 0.6) is 5.75 Å². The minimum Gasteiger partial charge on any atom is -0.482 e. The number of urea groups is 1. The van der Waals surface area contributed by atoms with Crippen molar-refractivity contribution in [3.63, 3.8) is 0 Å². The number of amides is 3. The highest BCUT2D eigenvalue weighted by Gasteiger charge is 2.18. The summed E-state index contributed by atoms with van der Waals surface area (Å²) in [5.74, 6) is 0.973. The summed E-state index contributed by atoms with van der Waals surface area (Å²) in [7, 11) is 1.65. The minimum atomic E-state index is -0.381. The zero-order valence-corrected chi connectivity index (χ0v) is 15.2. The van der Waals surface area contributed by atoms with Crippen LogP contribution in [0.4, 0.5) is 16.2 Å². The number of nitrogens with one attached hydrogen (secondary N) is 3. The van der Waals surface area contributed by atoms with E-state index in [1.54, 1.807) is 31.6 Å². The Morgan fingerprint density at radius 3 is 3.15 bits per heavy atom.